The summed E-state index contributed by atoms with van der Waals surface area (Å²) in [4.78, 5) is 5.35. The molecule has 0 saturated heterocycles. The number of ether oxygens (including phenoxy) is 2. The number of anilines is 2. The van der Waals surface area contributed by atoms with Crippen molar-refractivity contribution in [3.63, 3.8) is 0 Å². The van der Waals surface area contributed by atoms with Gasteiger partial charge in [-0.1, -0.05) is 0 Å². The highest BCUT2D eigenvalue weighted by molar-refractivity contribution is 7.89. The van der Waals surface area contributed by atoms with E-state index in [4.69, 9.17) is 4.74 Å². The number of fused-ring (bicyclic) bond motifs is 2. The van der Waals surface area contributed by atoms with Gasteiger partial charge in [0.2, 0.25) is 10.0 Å². The van der Waals surface area contributed by atoms with Crippen LogP contribution in [0.4, 0.5) is 33.5 Å². The van der Waals surface area contributed by atoms with Crippen molar-refractivity contribution < 1.29 is 45.0 Å². The second-order valence-corrected chi connectivity index (χ2v) is 10.5. The molecule has 3 atom stereocenters. The number of nitrogens with zero attached hydrogens (tertiary/aromatic N) is 2. The number of aliphatic hydroxyl groups excluding tert-OH is 1. The van der Waals surface area contributed by atoms with Crippen molar-refractivity contribution in [3.8, 4) is 17.2 Å². The summed E-state index contributed by atoms with van der Waals surface area (Å²) in [5, 5.41) is 11.3. The van der Waals surface area contributed by atoms with Crippen LogP contribution in [-0.4, -0.2) is 43.1 Å². The van der Waals surface area contributed by atoms with Crippen molar-refractivity contribution in [3.05, 3.63) is 66.4 Å². The van der Waals surface area contributed by atoms with Gasteiger partial charge in [-0.3, -0.25) is 0 Å². The quantitative estimate of drug-likeness (QED) is 0.436. The molecule has 0 spiro atoms. The molecule has 2 N–H and O–H groups in total. The van der Waals surface area contributed by atoms with Crippen LogP contribution in [0.15, 0.2) is 59.6 Å². The normalized spacial score (nSPS) is 21.3. The van der Waals surface area contributed by atoms with Gasteiger partial charge in [0.15, 0.2) is 17.3 Å². The lowest BCUT2D eigenvalue weighted by atomic mass is 9.87. The number of nitrogens with one attached hydrogen (secondary N) is 1. The zero-order chi connectivity index (χ0) is 27.2. The van der Waals surface area contributed by atoms with Crippen molar-refractivity contribution in [2.45, 2.75) is 48.7 Å². The summed E-state index contributed by atoms with van der Waals surface area (Å²) >= 11 is 0. The van der Waals surface area contributed by atoms with Gasteiger partial charge in [-0.2, -0.15) is 0 Å². The van der Waals surface area contributed by atoms with E-state index in [-0.39, 0.29) is 28.6 Å². The summed E-state index contributed by atoms with van der Waals surface area (Å²) in [5.41, 5.74) is 0.353. The molecule has 3 aromatic rings. The molecule has 2 aromatic carbocycles. The Balaban J connectivity index is 1.42. The van der Waals surface area contributed by atoms with Crippen molar-refractivity contribution in [2.24, 2.45) is 0 Å². The van der Waals surface area contributed by atoms with Gasteiger partial charge in [-0.05, 0) is 55.7 Å². The highest BCUT2D eigenvalue weighted by Crippen LogP contribution is 2.48. The van der Waals surface area contributed by atoms with Gasteiger partial charge in [0.25, 0.3) is 0 Å². The number of benzene rings is 2. The van der Waals surface area contributed by atoms with E-state index >= 15 is 0 Å². The van der Waals surface area contributed by atoms with Crippen LogP contribution in [0.1, 0.15) is 19.3 Å². The number of alkyl halides is 3. The van der Waals surface area contributed by atoms with E-state index in [1.165, 1.54) is 12.1 Å². The highest BCUT2D eigenvalue weighted by Gasteiger charge is 2.42. The number of halogens is 5. The molecule has 0 amide bonds. The minimum Gasteiger partial charge on any atom is -0.451 e. The minimum atomic E-state index is -4.93. The average Bonchev–Trinajstić information content (AvgIpc) is 2.83. The fraction of sp³-hybridized carbons (Fsp3) is 0.292. The number of sulfonamides is 1. The number of aliphatic hydroxyl groups is 1. The monoisotopic (exact) mass is 557 g/mol. The SMILES string of the molecule is O=S(=O)(N[C@@H]1CCCC(N2c3ccc(F)cc3Oc3cc(F)cnc32)[C@H]1O)c1ccc(OC(F)(F)F)cc1. The van der Waals surface area contributed by atoms with Gasteiger partial charge >= 0.3 is 6.36 Å². The van der Waals surface area contributed by atoms with Crippen molar-refractivity contribution in [1.82, 2.24) is 9.71 Å². The first kappa shape index (κ1) is 26.1. The van der Waals surface area contributed by atoms with E-state index in [9.17, 15) is 35.5 Å². The zero-order valence-electron chi connectivity index (χ0n) is 19.3. The molecule has 0 bridgehead atoms. The van der Waals surface area contributed by atoms with Gasteiger partial charge in [-0.15, -0.1) is 13.2 Å². The van der Waals surface area contributed by atoms with Crippen LogP contribution in [0, 0.1) is 11.6 Å². The first-order chi connectivity index (χ1) is 17.9. The smallest absolute Gasteiger partial charge is 0.451 e. The summed E-state index contributed by atoms with van der Waals surface area (Å²) in [6.07, 6.45) is -4.15. The standard InChI is InChI=1S/C24H20F5N3O5S/c25-13-4-9-18-20(10-13)36-21-11-14(26)12-30-23(21)32(18)19-3-1-2-17(22(19)33)31-38(34,35)16-7-5-15(6-8-16)37-24(27,28)29/h4-12,17,19,22,31,33H,1-3H2/t17-,19?,22+/m1/s1. The molecule has 2 heterocycles. The summed E-state index contributed by atoms with van der Waals surface area (Å²) in [6.45, 7) is 0. The van der Waals surface area contributed by atoms with Crippen LogP contribution in [0.25, 0.3) is 0 Å². The van der Waals surface area contributed by atoms with Crippen LogP contribution in [0.2, 0.25) is 0 Å². The summed E-state index contributed by atoms with van der Waals surface area (Å²) < 4.78 is 103. The highest BCUT2D eigenvalue weighted by atomic mass is 32.2. The van der Waals surface area contributed by atoms with E-state index in [0.717, 1.165) is 42.6 Å². The van der Waals surface area contributed by atoms with E-state index in [0.29, 0.717) is 18.5 Å². The molecule has 14 heteroatoms. The van der Waals surface area contributed by atoms with Gasteiger partial charge in [0.05, 0.1) is 35.0 Å². The summed E-state index contributed by atoms with van der Waals surface area (Å²) in [7, 11) is -4.24. The number of hydrogen-bond acceptors (Lipinski definition) is 7. The molecule has 1 aliphatic carbocycles. The number of rotatable bonds is 5. The Morgan fingerprint density at radius 3 is 2.45 bits per heavy atom. The Kier molecular flexibility index (Phi) is 6.65. The molecule has 1 unspecified atom stereocenters. The maximum atomic E-state index is 13.9. The molecule has 1 saturated carbocycles. The van der Waals surface area contributed by atoms with Crippen LogP contribution in [0.3, 0.4) is 0 Å². The fourth-order valence-corrected chi connectivity index (χ4v) is 5.95. The Bertz CT molecular complexity index is 1400. The first-order valence-corrected chi connectivity index (χ1v) is 12.9. The predicted molar refractivity (Wildman–Crippen MR) is 124 cm³/mol. The van der Waals surface area contributed by atoms with Gasteiger partial charge in [0.1, 0.15) is 17.4 Å². The minimum absolute atomic E-state index is 0.000769. The Morgan fingerprint density at radius 1 is 1.03 bits per heavy atom. The van der Waals surface area contributed by atoms with Crippen molar-refractivity contribution >= 4 is 21.5 Å². The topological polar surface area (TPSA) is 101 Å². The molecule has 38 heavy (non-hydrogen) atoms. The van der Waals surface area contributed by atoms with E-state index in [2.05, 4.69) is 14.4 Å². The average molecular weight is 557 g/mol. The molecular formula is C24H20F5N3O5S. The lowest BCUT2D eigenvalue weighted by molar-refractivity contribution is -0.274. The maximum Gasteiger partial charge on any atom is 0.573 e. The number of hydrogen-bond donors (Lipinski definition) is 2. The second kappa shape index (κ2) is 9.67. The van der Waals surface area contributed by atoms with Gasteiger partial charge in [0, 0.05) is 12.1 Å². The lowest BCUT2D eigenvalue weighted by Gasteiger charge is -2.44. The Morgan fingerprint density at radius 2 is 1.74 bits per heavy atom. The van der Waals surface area contributed by atoms with E-state index in [1.807, 2.05) is 0 Å². The molecule has 2 aliphatic rings. The molecule has 1 aliphatic heterocycles. The largest absolute Gasteiger partial charge is 0.573 e. The maximum absolute atomic E-state index is 13.9. The summed E-state index contributed by atoms with van der Waals surface area (Å²) in [6, 6.07) is 6.69. The van der Waals surface area contributed by atoms with E-state index < -0.39 is 52.0 Å². The van der Waals surface area contributed by atoms with E-state index in [1.54, 1.807) is 4.90 Å². The third-order valence-electron chi connectivity index (χ3n) is 6.26. The second-order valence-electron chi connectivity index (χ2n) is 8.80. The third kappa shape index (κ3) is 5.24. The first-order valence-electron chi connectivity index (χ1n) is 11.4. The molecular weight excluding hydrogens is 537 g/mol. The molecule has 8 nitrogen and oxygen atoms in total. The van der Waals surface area contributed by atoms with Crippen molar-refractivity contribution in [1.29, 1.82) is 0 Å². The molecule has 202 valence electrons. The number of pyridine rings is 1. The van der Waals surface area contributed by atoms with Crippen molar-refractivity contribution in [2.75, 3.05) is 4.90 Å². The van der Waals surface area contributed by atoms with Crippen LogP contribution >= 0.6 is 0 Å². The van der Waals surface area contributed by atoms with Crippen LogP contribution < -0.4 is 19.1 Å². The Hall–Kier alpha value is -3.49. The van der Waals surface area contributed by atoms with Gasteiger partial charge < -0.3 is 19.5 Å². The summed E-state index contributed by atoms with van der Waals surface area (Å²) in [5.74, 6) is -1.64. The molecule has 1 fully saturated rings. The lowest BCUT2D eigenvalue weighted by Crippen LogP contribution is -2.56. The predicted octanol–water partition coefficient (Wildman–Crippen LogP) is 4.76. The molecule has 0 radical (unpaired) electrons. The van der Waals surface area contributed by atoms with Crippen LogP contribution in [0.5, 0.6) is 17.2 Å². The number of aromatic nitrogens is 1. The molecule has 1 aromatic heterocycles. The third-order valence-corrected chi connectivity index (χ3v) is 7.76. The van der Waals surface area contributed by atoms with Gasteiger partial charge in [-0.25, -0.2) is 26.9 Å². The van der Waals surface area contributed by atoms with Crippen LogP contribution in [-0.2, 0) is 10.0 Å². The zero-order valence-corrected chi connectivity index (χ0v) is 20.1. The Labute approximate surface area is 213 Å². The fourth-order valence-electron chi connectivity index (χ4n) is 4.66. The molecule has 5 rings (SSSR count).